The van der Waals surface area contributed by atoms with E-state index >= 15 is 0 Å². The van der Waals surface area contributed by atoms with E-state index in [0.717, 1.165) is 55.4 Å². The Morgan fingerprint density at radius 2 is 0.800 bits per heavy atom. The number of hydrogen-bond acceptors (Lipinski definition) is 4. The smallest absolute Gasteiger partial charge is 0.161 e. The van der Waals surface area contributed by atoms with Gasteiger partial charge in [-0.15, -0.1) is 0 Å². The van der Waals surface area contributed by atoms with Crippen LogP contribution in [-0.2, 0) is 0 Å². The van der Waals surface area contributed by atoms with E-state index in [4.69, 9.17) is 9.97 Å². The number of nitrogens with zero attached hydrogens (tertiary/aromatic N) is 4. The van der Waals surface area contributed by atoms with Crippen LogP contribution >= 0.6 is 0 Å². The maximum absolute atomic E-state index is 10.2. The number of rotatable bonds is 6. The summed E-state index contributed by atoms with van der Waals surface area (Å²) >= 11 is 0. The van der Waals surface area contributed by atoms with E-state index in [1.807, 2.05) is 78.9 Å². The molecule has 0 aliphatic carbocycles. The fourth-order valence-electron chi connectivity index (χ4n) is 6.47. The second-order valence-electron chi connectivity index (χ2n) is 12.0. The Morgan fingerprint density at radius 1 is 0.360 bits per heavy atom. The van der Waals surface area contributed by atoms with Crippen LogP contribution in [-0.4, -0.2) is 9.97 Å². The van der Waals surface area contributed by atoms with Crippen molar-refractivity contribution in [3.05, 3.63) is 181 Å². The van der Waals surface area contributed by atoms with Gasteiger partial charge in [0.05, 0.1) is 34.5 Å². The summed E-state index contributed by atoms with van der Waals surface area (Å²) in [4.78, 5) is 10.3. The summed E-state index contributed by atoms with van der Waals surface area (Å²) in [5, 5.41) is 21.0. The van der Waals surface area contributed by atoms with Crippen LogP contribution in [0.1, 0.15) is 11.1 Å². The Bertz CT molecular complexity index is 2580. The Labute approximate surface area is 290 Å². The first-order chi connectivity index (χ1) is 24.7. The lowest BCUT2D eigenvalue weighted by Crippen LogP contribution is -2.00. The maximum Gasteiger partial charge on any atom is 0.161 e. The van der Waals surface area contributed by atoms with Crippen LogP contribution in [0, 0.1) is 22.7 Å². The molecule has 8 aromatic rings. The fraction of sp³-hybridized carbons (Fsp3) is 0. The number of fused-ring (bicyclic) bond motifs is 1. The molecule has 0 saturated heterocycles. The average Bonchev–Trinajstić information content (AvgIpc) is 3.20. The lowest BCUT2D eigenvalue weighted by Gasteiger charge is -2.16. The van der Waals surface area contributed by atoms with E-state index in [1.54, 1.807) is 6.07 Å². The number of benzene rings is 7. The Kier molecular flexibility index (Phi) is 7.95. The Hall–Kier alpha value is -7.14. The second kappa shape index (κ2) is 13.2. The highest BCUT2D eigenvalue weighted by Crippen LogP contribution is 2.40. The van der Waals surface area contributed by atoms with Gasteiger partial charge in [0.25, 0.3) is 0 Å². The summed E-state index contributed by atoms with van der Waals surface area (Å²) in [6.07, 6.45) is 0. The van der Waals surface area contributed by atoms with E-state index in [0.29, 0.717) is 33.8 Å². The molecule has 0 fully saturated rings. The van der Waals surface area contributed by atoms with E-state index in [2.05, 4.69) is 97.1 Å². The molecule has 8 rings (SSSR count). The summed E-state index contributed by atoms with van der Waals surface area (Å²) in [6, 6.07) is 61.6. The van der Waals surface area contributed by atoms with Gasteiger partial charge in [-0.1, -0.05) is 140 Å². The molecule has 0 aliphatic heterocycles. The van der Waals surface area contributed by atoms with Crippen LogP contribution in [0.2, 0.25) is 0 Å². The minimum absolute atomic E-state index is 0.430. The van der Waals surface area contributed by atoms with Crippen molar-refractivity contribution in [3.63, 3.8) is 0 Å². The van der Waals surface area contributed by atoms with Gasteiger partial charge in [-0.3, -0.25) is 0 Å². The number of hydrogen-bond donors (Lipinski definition) is 0. The average molecular weight is 637 g/mol. The zero-order valence-corrected chi connectivity index (χ0v) is 27.0. The minimum atomic E-state index is 0.430. The summed E-state index contributed by atoms with van der Waals surface area (Å²) in [5.41, 5.74) is 12.3. The predicted molar refractivity (Wildman–Crippen MR) is 202 cm³/mol. The van der Waals surface area contributed by atoms with E-state index in [9.17, 15) is 10.5 Å². The van der Waals surface area contributed by atoms with Crippen LogP contribution in [0.3, 0.4) is 0 Å². The monoisotopic (exact) mass is 636 g/mol. The zero-order chi connectivity index (χ0) is 33.9. The van der Waals surface area contributed by atoms with Gasteiger partial charge in [0.1, 0.15) is 0 Å². The van der Waals surface area contributed by atoms with Crippen LogP contribution in [0.25, 0.3) is 78.1 Å². The highest BCUT2D eigenvalue weighted by molar-refractivity contribution is 6.05. The van der Waals surface area contributed by atoms with Crippen LogP contribution in [0.5, 0.6) is 0 Å². The first kappa shape index (κ1) is 30.2. The summed E-state index contributed by atoms with van der Waals surface area (Å²) in [6.45, 7) is 0. The molecule has 0 saturated carbocycles. The molecule has 50 heavy (non-hydrogen) atoms. The van der Waals surface area contributed by atoms with Gasteiger partial charge in [-0.25, -0.2) is 9.97 Å². The molecule has 0 spiro atoms. The van der Waals surface area contributed by atoms with E-state index in [-0.39, 0.29) is 0 Å². The standard InChI is InChI=1S/C46H28N4/c47-29-37-15-7-9-17-40(37)44-43-28-39(35-21-19-33(20-22-35)31-11-3-1-4-12-31)27-42(36-25-23-34(24-26-36)32-13-5-2-6-14-32)45(43)50-46(49-44)41-18-10-8-16-38(41)30-48/h1-28H. The predicted octanol–water partition coefficient (Wildman–Crippen LogP) is 11.4. The first-order valence-corrected chi connectivity index (χ1v) is 16.4. The molecule has 0 bridgehead atoms. The van der Waals surface area contributed by atoms with Crippen LogP contribution in [0.4, 0.5) is 0 Å². The molecule has 0 N–H and O–H groups in total. The summed E-state index contributed by atoms with van der Waals surface area (Å²) < 4.78 is 0. The molecular weight excluding hydrogens is 609 g/mol. The van der Waals surface area contributed by atoms with Crippen molar-refractivity contribution in [3.8, 4) is 79.3 Å². The Morgan fingerprint density at radius 3 is 1.36 bits per heavy atom. The van der Waals surface area contributed by atoms with Crippen molar-refractivity contribution in [2.45, 2.75) is 0 Å². The van der Waals surface area contributed by atoms with E-state index in [1.165, 1.54) is 0 Å². The van der Waals surface area contributed by atoms with Gasteiger partial charge in [0, 0.05) is 22.1 Å². The second-order valence-corrected chi connectivity index (χ2v) is 12.0. The number of aromatic nitrogens is 2. The van der Waals surface area contributed by atoms with Crippen molar-refractivity contribution >= 4 is 10.9 Å². The minimum Gasteiger partial charge on any atom is -0.227 e. The molecule has 4 nitrogen and oxygen atoms in total. The normalized spacial score (nSPS) is 10.8. The molecule has 232 valence electrons. The Balaban J connectivity index is 1.41. The van der Waals surface area contributed by atoms with Gasteiger partial charge in [-0.2, -0.15) is 10.5 Å². The van der Waals surface area contributed by atoms with Crippen molar-refractivity contribution in [1.29, 1.82) is 10.5 Å². The highest BCUT2D eigenvalue weighted by atomic mass is 14.9. The third-order valence-electron chi connectivity index (χ3n) is 9.02. The third-order valence-corrected chi connectivity index (χ3v) is 9.02. The molecule has 0 atom stereocenters. The van der Waals surface area contributed by atoms with Crippen molar-refractivity contribution in [2.24, 2.45) is 0 Å². The molecular formula is C46H28N4. The van der Waals surface area contributed by atoms with Gasteiger partial charge in [0.15, 0.2) is 5.82 Å². The zero-order valence-electron chi connectivity index (χ0n) is 27.0. The third kappa shape index (κ3) is 5.69. The quantitative estimate of drug-likeness (QED) is 0.182. The summed E-state index contributed by atoms with van der Waals surface area (Å²) in [7, 11) is 0. The van der Waals surface area contributed by atoms with Gasteiger partial charge in [-0.05, 0) is 69.3 Å². The molecule has 7 aromatic carbocycles. The molecule has 4 heteroatoms. The van der Waals surface area contributed by atoms with Gasteiger partial charge >= 0.3 is 0 Å². The molecule has 1 aromatic heterocycles. The molecule has 0 radical (unpaired) electrons. The SMILES string of the molecule is N#Cc1ccccc1-c1nc(-c2ccccc2C#N)c2cc(-c3ccc(-c4ccccc4)cc3)cc(-c3ccc(-c4ccccc4)cc3)c2n1. The number of nitriles is 2. The van der Waals surface area contributed by atoms with Gasteiger partial charge < -0.3 is 0 Å². The van der Waals surface area contributed by atoms with Crippen LogP contribution < -0.4 is 0 Å². The summed E-state index contributed by atoms with van der Waals surface area (Å²) in [5.74, 6) is 0.430. The largest absolute Gasteiger partial charge is 0.227 e. The van der Waals surface area contributed by atoms with E-state index < -0.39 is 0 Å². The topological polar surface area (TPSA) is 73.4 Å². The lowest BCUT2D eigenvalue weighted by atomic mass is 9.91. The lowest BCUT2D eigenvalue weighted by molar-refractivity contribution is 1.22. The molecule has 1 heterocycles. The van der Waals surface area contributed by atoms with Crippen LogP contribution in [0.15, 0.2) is 170 Å². The van der Waals surface area contributed by atoms with Crippen molar-refractivity contribution in [2.75, 3.05) is 0 Å². The molecule has 0 amide bonds. The fourth-order valence-corrected chi connectivity index (χ4v) is 6.47. The molecule has 0 aliphatic rings. The first-order valence-electron chi connectivity index (χ1n) is 16.4. The maximum atomic E-state index is 10.2. The molecule has 0 unspecified atom stereocenters. The van der Waals surface area contributed by atoms with Gasteiger partial charge in [0.2, 0.25) is 0 Å². The highest BCUT2D eigenvalue weighted by Gasteiger charge is 2.20. The van der Waals surface area contributed by atoms with Crippen molar-refractivity contribution in [1.82, 2.24) is 9.97 Å². The van der Waals surface area contributed by atoms with Crippen molar-refractivity contribution < 1.29 is 0 Å².